The first-order chi connectivity index (χ1) is 12.5. The van der Waals surface area contributed by atoms with Crippen LogP contribution in [0, 0.1) is 13.8 Å². The fourth-order valence-electron chi connectivity index (χ4n) is 2.98. The summed E-state index contributed by atoms with van der Waals surface area (Å²) in [5.41, 5.74) is 4.81. The summed E-state index contributed by atoms with van der Waals surface area (Å²) in [4.78, 5) is 20.4. The van der Waals surface area contributed by atoms with Gasteiger partial charge < -0.3 is 4.90 Å². The lowest BCUT2D eigenvalue weighted by Gasteiger charge is -2.16. The molecule has 0 unspecified atom stereocenters. The molecule has 1 aromatic carbocycles. The van der Waals surface area contributed by atoms with Crippen molar-refractivity contribution in [1.82, 2.24) is 20.1 Å². The Hall–Kier alpha value is -2.47. The van der Waals surface area contributed by atoms with Crippen LogP contribution in [-0.2, 0) is 6.54 Å². The van der Waals surface area contributed by atoms with Gasteiger partial charge in [0.25, 0.3) is 5.91 Å². The molecule has 2 aromatic heterocycles. The van der Waals surface area contributed by atoms with Gasteiger partial charge in [-0.2, -0.15) is 5.10 Å². The van der Waals surface area contributed by atoms with Crippen LogP contribution in [0.15, 0.2) is 30.3 Å². The largest absolute Gasteiger partial charge is 0.336 e. The van der Waals surface area contributed by atoms with Crippen molar-refractivity contribution >= 4 is 17.2 Å². The number of aryl methyl sites for hydroxylation is 2. The Kier molecular flexibility index (Phi) is 4.36. The van der Waals surface area contributed by atoms with Crippen molar-refractivity contribution in [3.05, 3.63) is 57.9 Å². The average Bonchev–Trinajstić information content (AvgIpc) is 3.30. The molecule has 0 atom stereocenters. The van der Waals surface area contributed by atoms with Crippen LogP contribution >= 0.6 is 11.3 Å². The number of amides is 1. The summed E-state index contributed by atoms with van der Waals surface area (Å²) in [6, 6.07) is 9.80. The molecule has 1 aliphatic carbocycles. The first-order valence-electron chi connectivity index (χ1n) is 8.85. The van der Waals surface area contributed by atoms with Gasteiger partial charge in [0.2, 0.25) is 0 Å². The lowest BCUT2D eigenvalue weighted by molar-refractivity contribution is 0.0783. The molecule has 0 saturated heterocycles. The summed E-state index contributed by atoms with van der Waals surface area (Å²) in [6.07, 6.45) is 2.45. The highest BCUT2D eigenvalue weighted by Gasteiger charge is 2.26. The Morgan fingerprint density at radius 3 is 2.81 bits per heavy atom. The van der Waals surface area contributed by atoms with Crippen molar-refractivity contribution in [2.24, 2.45) is 0 Å². The van der Waals surface area contributed by atoms with Gasteiger partial charge in [-0.15, -0.1) is 11.3 Å². The maximum absolute atomic E-state index is 12.8. The third-order valence-corrected chi connectivity index (χ3v) is 5.91. The van der Waals surface area contributed by atoms with Crippen LogP contribution < -0.4 is 0 Å². The van der Waals surface area contributed by atoms with E-state index in [4.69, 9.17) is 0 Å². The number of hydrogen-bond acceptors (Lipinski definition) is 4. The molecule has 2 heterocycles. The second kappa shape index (κ2) is 6.68. The summed E-state index contributed by atoms with van der Waals surface area (Å²) in [6.45, 7) is 4.61. The number of H-pyrrole nitrogens is 1. The van der Waals surface area contributed by atoms with Gasteiger partial charge >= 0.3 is 0 Å². The fraction of sp³-hybridized carbons (Fsp3) is 0.350. The van der Waals surface area contributed by atoms with Crippen LogP contribution in [-0.4, -0.2) is 33.0 Å². The zero-order valence-electron chi connectivity index (χ0n) is 15.2. The normalized spacial score (nSPS) is 13.8. The van der Waals surface area contributed by atoms with E-state index in [1.807, 2.05) is 38.2 Å². The molecule has 0 bridgehead atoms. The lowest BCUT2D eigenvalue weighted by Crippen LogP contribution is -2.26. The predicted molar refractivity (Wildman–Crippen MR) is 103 cm³/mol. The van der Waals surface area contributed by atoms with Gasteiger partial charge in [-0.25, -0.2) is 4.98 Å². The van der Waals surface area contributed by atoms with Gasteiger partial charge in [0.15, 0.2) is 0 Å². The molecule has 1 amide bonds. The Labute approximate surface area is 157 Å². The van der Waals surface area contributed by atoms with Gasteiger partial charge in [-0.1, -0.05) is 12.1 Å². The Morgan fingerprint density at radius 2 is 2.12 bits per heavy atom. The predicted octanol–water partition coefficient (Wildman–Crippen LogP) is 4.30. The molecule has 1 N–H and O–H groups in total. The smallest absolute Gasteiger partial charge is 0.253 e. The minimum absolute atomic E-state index is 0.000535. The third kappa shape index (κ3) is 3.42. The Balaban J connectivity index is 1.50. The molecule has 0 radical (unpaired) electrons. The molecule has 26 heavy (non-hydrogen) atoms. The van der Waals surface area contributed by atoms with Gasteiger partial charge in [0, 0.05) is 29.0 Å². The molecule has 5 nitrogen and oxygen atoms in total. The maximum Gasteiger partial charge on any atom is 0.253 e. The quantitative estimate of drug-likeness (QED) is 0.732. The zero-order valence-corrected chi connectivity index (χ0v) is 16.1. The number of aromatic amines is 1. The SMILES string of the molecule is Cc1nc(-c2cccc(C(=O)N(C)Cc3cc(C4CC4)n[nH]3)c2)sc1C. The van der Waals surface area contributed by atoms with Gasteiger partial charge in [0.1, 0.15) is 5.01 Å². The topological polar surface area (TPSA) is 61.9 Å². The molecule has 6 heteroatoms. The number of nitrogens with zero attached hydrogens (tertiary/aromatic N) is 3. The third-order valence-electron chi connectivity index (χ3n) is 4.79. The van der Waals surface area contributed by atoms with Crippen LogP contribution in [0.2, 0.25) is 0 Å². The number of aromatic nitrogens is 3. The second-order valence-electron chi connectivity index (χ2n) is 6.99. The molecule has 0 spiro atoms. The first-order valence-corrected chi connectivity index (χ1v) is 9.67. The molecule has 0 aliphatic heterocycles. The molecule has 1 aliphatic rings. The summed E-state index contributed by atoms with van der Waals surface area (Å²) in [5.74, 6) is 0.613. The summed E-state index contributed by atoms with van der Waals surface area (Å²) >= 11 is 1.66. The number of rotatable bonds is 5. The van der Waals surface area contributed by atoms with Crippen LogP contribution in [0.4, 0.5) is 0 Å². The number of benzene rings is 1. The Bertz CT molecular complexity index is 935. The summed E-state index contributed by atoms with van der Waals surface area (Å²) in [7, 11) is 1.82. The number of carbonyl (C=O) groups is 1. The first kappa shape index (κ1) is 17.0. The minimum atomic E-state index is -0.000535. The number of nitrogens with one attached hydrogen (secondary N) is 1. The van der Waals surface area contributed by atoms with Crippen LogP contribution in [0.1, 0.15) is 51.1 Å². The van der Waals surface area contributed by atoms with Crippen LogP contribution in [0.25, 0.3) is 10.6 Å². The number of hydrogen-bond donors (Lipinski definition) is 1. The van der Waals surface area contributed by atoms with E-state index >= 15 is 0 Å². The van der Waals surface area contributed by atoms with Gasteiger partial charge in [0.05, 0.1) is 23.6 Å². The van der Waals surface area contributed by atoms with E-state index < -0.39 is 0 Å². The van der Waals surface area contributed by atoms with Crippen LogP contribution in [0.3, 0.4) is 0 Å². The van der Waals surface area contributed by atoms with Crippen molar-refractivity contribution in [3.8, 4) is 10.6 Å². The van der Waals surface area contributed by atoms with E-state index in [1.165, 1.54) is 17.7 Å². The molecule has 4 rings (SSSR count). The van der Waals surface area contributed by atoms with E-state index in [2.05, 4.69) is 28.2 Å². The lowest BCUT2D eigenvalue weighted by atomic mass is 10.1. The van der Waals surface area contributed by atoms with Crippen molar-refractivity contribution in [2.75, 3.05) is 7.05 Å². The second-order valence-corrected chi connectivity index (χ2v) is 8.20. The molecule has 134 valence electrons. The van der Waals surface area contributed by atoms with Crippen LogP contribution in [0.5, 0.6) is 0 Å². The highest BCUT2D eigenvalue weighted by molar-refractivity contribution is 7.15. The highest BCUT2D eigenvalue weighted by Crippen LogP contribution is 2.39. The summed E-state index contributed by atoms with van der Waals surface area (Å²) in [5, 5.41) is 8.37. The standard InChI is InChI=1S/C20H22N4OS/c1-12-13(2)26-19(21-12)15-5-4-6-16(9-15)20(25)24(3)11-17-10-18(23-22-17)14-7-8-14/h4-6,9-10,14H,7-8,11H2,1-3H3,(H,22,23). The van der Waals surface area contributed by atoms with E-state index in [0.29, 0.717) is 18.0 Å². The molecule has 3 aromatic rings. The van der Waals surface area contributed by atoms with E-state index in [1.54, 1.807) is 16.2 Å². The van der Waals surface area contributed by atoms with Crippen molar-refractivity contribution < 1.29 is 4.79 Å². The molecule has 1 fully saturated rings. The summed E-state index contributed by atoms with van der Waals surface area (Å²) < 4.78 is 0. The zero-order chi connectivity index (χ0) is 18.3. The maximum atomic E-state index is 12.8. The fourth-order valence-corrected chi connectivity index (χ4v) is 3.89. The van der Waals surface area contributed by atoms with Crippen molar-refractivity contribution in [1.29, 1.82) is 0 Å². The van der Waals surface area contributed by atoms with E-state index in [0.717, 1.165) is 27.7 Å². The van der Waals surface area contributed by atoms with Crippen molar-refractivity contribution in [3.63, 3.8) is 0 Å². The van der Waals surface area contributed by atoms with Gasteiger partial charge in [-0.3, -0.25) is 9.89 Å². The van der Waals surface area contributed by atoms with Crippen molar-refractivity contribution in [2.45, 2.75) is 39.2 Å². The van der Waals surface area contributed by atoms with E-state index in [-0.39, 0.29) is 5.91 Å². The highest BCUT2D eigenvalue weighted by atomic mass is 32.1. The molecular formula is C20H22N4OS. The monoisotopic (exact) mass is 366 g/mol. The van der Waals surface area contributed by atoms with Gasteiger partial charge in [-0.05, 0) is 44.9 Å². The van der Waals surface area contributed by atoms with E-state index in [9.17, 15) is 4.79 Å². The Morgan fingerprint density at radius 1 is 1.31 bits per heavy atom. The number of carbonyl (C=O) groups excluding carboxylic acids is 1. The minimum Gasteiger partial charge on any atom is -0.336 e. The number of thiazole rings is 1. The molecular weight excluding hydrogens is 344 g/mol. The molecule has 1 saturated carbocycles. The average molecular weight is 366 g/mol.